The van der Waals surface area contributed by atoms with Crippen LogP contribution in [0.15, 0.2) is 0 Å². The number of rotatable bonds is 4. The first-order valence-corrected chi connectivity index (χ1v) is 6.03. The molecule has 0 saturated carbocycles. The third-order valence-corrected chi connectivity index (χ3v) is 1.22. The molecule has 0 aromatic rings. The van der Waals surface area contributed by atoms with Gasteiger partial charge in [0.2, 0.25) is 14.8 Å². The molecule has 0 saturated heterocycles. The summed E-state index contributed by atoms with van der Waals surface area (Å²) in [6.45, 7) is 2.87. The van der Waals surface area contributed by atoms with Gasteiger partial charge in [0.1, 0.15) is 0 Å². The van der Waals surface area contributed by atoms with E-state index in [1.807, 2.05) is 0 Å². The molecule has 15 heavy (non-hydrogen) atoms. The van der Waals surface area contributed by atoms with Crippen molar-refractivity contribution in [1.82, 2.24) is 0 Å². The van der Waals surface area contributed by atoms with Crippen molar-refractivity contribution in [3.63, 3.8) is 0 Å². The van der Waals surface area contributed by atoms with Gasteiger partial charge in [-0.15, -0.1) is 0 Å². The average Bonchev–Trinajstić information content (AvgIpc) is 1.94. The zero-order valence-corrected chi connectivity index (χ0v) is 13.2. The first kappa shape index (κ1) is 21.4. The molecule has 0 bridgehead atoms. The summed E-state index contributed by atoms with van der Waals surface area (Å²) in [5, 5.41) is 0. The fraction of sp³-hybridized carbons (Fsp3) is 0.833. The van der Waals surface area contributed by atoms with E-state index < -0.39 is 10.4 Å². The Morgan fingerprint density at radius 2 is 1.93 bits per heavy atom. The summed E-state index contributed by atoms with van der Waals surface area (Å²) >= 11 is 8.40. The van der Waals surface area contributed by atoms with Gasteiger partial charge in [-0.3, -0.25) is 4.55 Å². The molecule has 0 rings (SSSR count). The number of hydrogen-bond acceptors (Lipinski definition) is 5. The van der Waals surface area contributed by atoms with Crippen LogP contribution in [0.4, 0.5) is 0 Å². The number of hydrogen-bond donors (Lipinski definition) is 2. The van der Waals surface area contributed by atoms with Gasteiger partial charge in [-0.05, 0) is 18.6 Å². The van der Waals surface area contributed by atoms with Gasteiger partial charge < -0.3 is 9.29 Å². The van der Waals surface area contributed by atoms with Gasteiger partial charge in [0.05, 0.1) is 6.61 Å². The predicted octanol–water partition coefficient (Wildman–Crippen LogP) is -1.58. The summed E-state index contributed by atoms with van der Waals surface area (Å²) in [6, 6.07) is 0. The quantitative estimate of drug-likeness (QED) is 0.162. The summed E-state index contributed by atoms with van der Waals surface area (Å²) in [6.07, 6.45) is 3.50. The van der Waals surface area contributed by atoms with Crippen molar-refractivity contribution in [2.75, 3.05) is 6.61 Å². The average molecular weight is 284 g/mol. The fourth-order valence-corrected chi connectivity index (χ4v) is 0.686. The maximum atomic E-state index is 8.63. The second-order valence-corrected chi connectivity index (χ2v) is 4.18. The van der Waals surface area contributed by atoms with Gasteiger partial charge in [-0.25, -0.2) is 8.42 Å². The molecule has 86 valence electrons. The van der Waals surface area contributed by atoms with Crippen LogP contribution >= 0.6 is 24.8 Å². The van der Waals surface area contributed by atoms with Crippen molar-refractivity contribution in [2.24, 2.45) is 0 Å². The molecule has 5 nitrogen and oxygen atoms in total. The van der Waals surface area contributed by atoms with Gasteiger partial charge >= 0.3 is 29.6 Å². The molecule has 0 atom stereocenters. The molecule has 0 unspecified atom stereocenters. The Morgan fingerprint density at radius 1 is 1.53 bits per heavy atom. The zero-order chi connectivity index (χ0) is 11.6. The Bertz CT molecular complexity index is 233. The molecule has 0 amide bonds. The van der Waals surface area contributed by atoms with Crippen LogP contribution < -0.4 is 29.6 Å². The first-order valence-electron chi connectivity index (χ1n) is 3.81. The summed E-state index contributed by atoms with van der Waals surface area (Å²) in [5.74, 6) is 0. The van der Waals surface area contributed by atoms with Crippen LogP contribution in [0.2, 0.25) is 0 Å². The van der Waals surface area contributed by atoms with Gasteiger partial charge in [-0.2, -0.15) is 0 Å². The van der Waals surface area contributed by atoms with E-state index in [1.54, 1.807) is 0 Å². The maximum Gasteiger partial charge on any atom is 1.00 e. The standard InChI is InChI=1S/C6H12OS2.Na.H2O4S/c1-2-3-4-5-7-6(8)9;;1-5(2,3)4/h2-5H2,1H3,(H,8,9);;(H2,1,2,3,4)/q;+1;/p-1. The Morgan fingerprint density at radius 3 is 2.20 bits per heavy atom. The topological polar surface area (TPSA) is 86.7 Å². The Hall–Kier alpha value is 1.11. The molecule has 1 N–H and O–H groups in total. The first-order chi connectivity index (χ1) is 6.27. The van der Waals surface area contributed by atoms with E-state index in [9.17, 15) is 0 Å². The van der Waals surface area contributed by atoms with Crippen LogP contribution in [0.5, 0.6) is 0 Å². The van der Waals surface area contributed by atoms with Gasteiger partial charge in [-0.1, -0.05) is 32.4 Å². The number of thiocarbonyl (C=S) groups is 1. The van der Waals surface area contributed by atoms with Crippen LogP contribution in [0.25, 0.3) is 0 Å². The van der Waals surface area contributed by atoms with Crippen molar-refractivity contribution in [1.29, 1.82) is 0 Å². The third-order valence-electron chi connectivity index (χ3n) is 0.973. The fourth-order valence-electron chi connectivity index (χ4n) is 0.512. The zero-order valence-electron chi connectivity index (χ0n) is 8.67. The maximum absolute atomic E-state index is 8.63. The third kappa shape index (κ3) is 51.4. The molecule has 0 aliphatic carbocycles. The summed E-state index contributed by atoms with van der Waals surface area (Å²) in [4.78, 5) is 0. The van der Waals surface area contributed by atoms with Gasteiger partial charge in [0.25, 0.3) is 0 Å². The van der Waals surface area contributed by atoms with Crippen molar-refractivity contribution in [3.05, 3.63) is 0 Å². The largest absolute Gasteiger partial charge is 1.00 e. The molecule has 0 radical (unpaired) electrons. The van der Waals surface area contributed by atoms with E-state index in [2.05, 4.69) is 31.8 Å². The summed E-state index contributed by atoms with van der Waals surface area (Å²) in [5.41, 5.74) is 0. The van der Waals surface area contributed by atoms with Crippen molar-refractivity contribution < 1.29 is 51.8 Å². The smallest absolute Gasteiger partial charge is 0.726 e. The molecular formula is C6H13NaO5S3. The SMILES string of the molecule is CCCCCOC(=S)S.O=S(=O)([O-])O.[Na+]. The molecule has 0 aliphatic heterocycles. The molecule has 9 heteroatoms. The van der Waals surface area contributed by atoms with E-state index in [0.717, 1.165) is 13.0 Å². The number of ether oxygens (including phenoxy) is 1. The second kappa shape index (κ2) is 13.2. The Balaban J connectivity index is -0.000000208. The van der Waals surface area contributed by atoms with E-state index >= 15 is 0 Å². The van der Waals surface area contributed by atoms with Gasteiger partial charge in [0, 0.05) is 0 Å². The van der Waals surface area contributed by atoms with Gasteiger partial charge in [0.15, 0.2) is 0 Å². The second-order valence-electron chi connectivity index (χ2n) is 2.25. The van der Waals surface area contributed by atoms with E-state index in [0.29, 0.717) is 4.38 Å². The van der Waals surface area contributed by atoms with Crippen LogP contribution in [0.3, 0.4) is 0 Å². The minimum atomic E-state index is -4.92. The van der Waals surface area contributed by atoms with Crippen LogP contribution in [-0.4, -0.2) is 28.5 Å². The summed E-state index contributed by atoms with van der Waals surface area (Å²) < 4.78 is 38.1. The van der Waals surface area contributed by atoms with Crippen LogP contribution in [-0.2, 0) is 15.1 Å². The predicted molar refractivity (Wildman–Crippen MR) is 59.4 cm³/mol. The minimum Gasteiger partial charge on any atom is -0.726 e. The van der Waals surface area contributed by atoms with E-state index in [1.165, 1.54) is 12.8 Å². The minimum absolute atomic E-state index is 0. The summed E-state index contributed by atoms with van der Waals surface area (Å²) in [7, 11) is -4.92. The number of unbranched alkanes of at least 4 members (excludes halogenated alkanes) is 2. The molecule has 0 spiro atoms. The molecule has 0 aliphatic rings. The van der Waals surface area contributed by atoms with Crippen LogP contribution in [0.1, 0.15) is 26.2 Å². The van der Waals surface area contributed by atoms with Crippen molar-refractivity contribution in [3.8, 4) is 0 Å². The molecular weight excluding hydrogens is 271 g/mol. The number of thiol groups is 1. The monoisotopic (exact) mass is 284 g/mol. The van der Waals surface area contributed by atoms with Crippen molar-refractivity contribution in [2.45, 2.75) is 26.2 Å². The molecule has 0 aromatic heterocycles. The van der Waals surface area contributed by atoms with E-state index in [-0.39, 0.29) is 29.6 Å². The Kier molecular flexibility index (Phi) is 18.8. The molecule has 0 heterocycles. The molecule has 0 aromatic carbocycles. The normalized spacial score (nSPS) is 9.33. The van der Waals surface area contributed by atoms with E-state index in [4.69, 9.17) is 22.3 Å². The van der Waals surface area contributed by atoms with Crippen molar-refractivity contribution >= 4 is 39.6 Å². The molecule has 0 fully saturated rings. The van der Waals surface area contributed by atoms with Crippen LogP contribution in [0, 0.1) is 0 Å². The Labute approximate surface area is 123 Å².